The molecule has 0 fully saturated rings. The van der Waals surface area contributed by atoms with Crippen molar-refractivity contribution in [2.24, 2.45) is 0 Å². The molecule has 1 heterocycles. The molecule has 0 amide bonds. The minimum atomic E-state index is -0.442. The number of carbonyl (C=O) groups excluding carboxylic acids is 1. The predicted molar refractivity (Wildman–Crippen MR) is 116 cm³/mol. The SMILES string of the molecule is COC(=O)c1ccc(-c2nc(-c3ccccc3O)nc(-c3c(C)cccc3O)n2)cc1. The zero-order valence-corrected chi connectivity index (χ0v) is 16.9. The van der Waals surface area contributed by atoms with E-state index < -0.39 is 5.97 Å². The summed E-state index contributed by atoms with van der Waals surface area (Å²) in [5, 5.41) is 20.8. The standard InChI is InChI=1S/C24H19N3O4/c1-14-6-5-9-19(29)20(14)23-26-21(15-10-12-16(13-11-15)24(30)31-2)25-22(27-23)17-7-3-4-8-18(17)28/h3-13,28-29H,1-2H3. The summed E-state index contributed by atoms with van der Waals surface area (Å²) in [6.45, 7) is 1.85. The van der Waals surface area contributed by atoms with Gasteiger partial charge in [-0.3, -0.25) is 0 Å². The van der Waals surface area contributed by atoms with E-state index >= 15 is 0 Å². The fraction of sp³-hybridized carbons (Fsp3) is 0.0833. The van der Waals surface area contributed by atoms with Gasteiger partial charge < -0.3 is 14.9 Å². The van der Waals surface area contributed by atoms with E-state index in [1.165, 1.54) is 7.11 Å². The molecule has 4 aromatic rings. The van der Waals surface area contributed by atoms with Crippen molar-refractivity contribution in [1.29, 1.82) is 0 Å². The Labute approximate surface area is 178 Å². The molecule has 0 saturated heterocycles. The Kier molecular flexibility index (Phi) is 5.32. The Hall–Kier alpha value is -4.26. The first kappa shape index (κ1) is 20.0. The number of ether oxygens (including phenoxy) is 1. The molecule has 0 aliphatic heterocycles. The van der Waals surface area contributed by atoms with Crippen LogP contribution in [0.5, 0.6) is 11.5 Å². The zero-order valence-electron chi connectivity index (χ0n) is 16.9. The third-order valence-electron chi connectivity index (χ3n) is 4.82. The van der Waals surface area contributed by atoms with Gasteiger partial charge in [-0.15, -0.1) is 0 Å². The largest absolute Gasteiger partial charge is 0.507 e. The predicted octanol–water partition coefficient (Wildman–Crippen LogP) is 4.38. The lowest BCUT2D eigenvalue weighted by atomic mass is 10.1. The topological polar surface area (TPSA) is 105 Å². The first-order chi connectivity index (χ1) is 15.0. The summed E-state index contributed by atoms with van der Waals surface area (Å²) in [6, 6.07) is 18.5. The van der Waals surface area contributed by atoms with E-state index in [1.54, 1.807) is 60.7 Å². The molecule has 0 saturated carbocycles. The Morgan fingerprint density at radius 1 is 0.774 bits per heavy atom. The van der Waals surface area contributed by atoms with Crippen LogP contribution in [0.25, 0.3) is 34.2 Å². The van der Waals surface area contributed by atoms with E-state index in [1.807, 2.05) is 13.0 Å². The molecule has 1 aromatic heterocycles. The Balaban J connectivity index is 1.92. The summed E-state index contributed by atoms with van der Waals surface area (Å²) in [5.74, 6) is 0.501. The number of phenolic OH excluding ortho intramolecular Hbond substituents is 2. The van der Waals surface area contributed by atoms with Crippen molar-refractivity contribution in [3.05, 3.63) is 77.9 Å². The smallest absolute Gasteiger partial charge is 0.337 e. The highest BCUT2D eigenvalue weighted by atomic mass is 16.5. The summed E-state index contributed by atoms with van der Waals surface area (Å²) >= 11 is 0. The van der Waals surface area contributed by atoms with Crippen molar-refractivity contribution in [3.8, 4) is 45.7 Å². The molecular weight excluding hydrogens is 394 g/mol. The van der Waals surface area contributed by atoms with Crippen LogP contribution in [0.3, 0.4) is 0 Å². The van der Waals surface area contributed by atoms with E-state index in [0.29, 0.717) is 28.1 Å². The molecule has 0 atom stereocenters. The normalized spacial score (nSPS) is 10.6. The summed E-state index contributed by atoms with van der Waals surface area (Å²) in [5.41, 5.74) is 2.75. The highest BCUT2D eigenvalue weighted by Gasteiger charge is 2.18. The van der Waals surface area contributed by atoms with Gasteiger partial charge >= 0.3 is 5.97 Å². The highest BCUT2D eigenvalue weighted by Crippen LogP contribution is 2.34. The summed E-state index contributed by atoms with van der Waals surface area (Å²) in [7, 11) is 1.32. The molecule has 0 bridgehead atoms. The maximum atomic E-state index is 11.7. The van der Waals surface area contributed by atoms with Crippen LogP contribution in [0.4, 0.5) is 0 Å². The van der Waals surface area contributed by atoms with Gasteiger partial charge in [0.25, 0.3) is 0 Å². The molecule has 154 valence electrons. The van der Waals surface area contributed by atoms with E-state index in [-0.39, 0.29) is 23.1 Å². The number of para-hydroxylation sites is 1. The monoisotopic (exact) mass is 413 g/mol. The van der Waals surface area contributed by atoms with Gasteiger partial charge in [0.05, 0.1) is 23.8 Å². The van der Waals surface area contributed by atoms with Crippen molar-refractivity contribution in [2.75, 3.05) is 7.11 Å². The van der Waals surface area contributed by atoms with Gasteiger partial charge in [0.15, 0.2) is 17.5 Å². The van der Waals surface area contributed by atoms with Crippen LogP contribution in [-0.4, -0.2) is 38.2 Å². The van der Waals surface area contributed by atoms with Gasteiger partial charge in [-0.25, -0.2) is 19.7 Å². The van der Waals surface area contributed by atoms with E-state index in [9.17, 15) is 15.0 Å². The number of rotatable bonds is 4. The molecule has 31 heavy (non-hydrogen) atoms. The average Bonchev–Trinajstić information content (AvgIpc) is 2.78. The molecule has 3 aromatic carbocycles. The maximum absolute atomic E-state index is 11.7. The number of carbonyl (C=O) groups is 1. The molecule has 7 heteroatoms. The lowest BCUT2D eigenvalue weighted by Gasteiger charge is -2.11. The quantitative estimate of drug-likeness (QED) is 0.478. The van der Waals surface area contributed by atoms with Crippen LogP contribution in [0.15, 0.2) is 66.7 Å². The number of nitrogens with zero attached hydrogens (tertiary/aromatic N) is 3. The first-order valence-corrected chi connectivity index (χ1v) is 9.50. The van der Waals surface area contributed by atoms with Gasteiger partial charge in [-0.1, -0.05) is 36.4 Å². The minimum absolute atomic E-state index is 0.0284. The molecule has 7 nitrogen and oxygen atoms in total. The number of benzene rings is 3. The number of phenols is 2. The fourth-order valence-corrected chi connectivity index (χ4v) is 3.22. The second-order valence-electron chi connectivity index (χ2n) is 6.86. The van der Waals surface area contributed by atoms with E-state index in [2.05, 4.69) is 15.0 Å². The highest BCUT2D eigenvalue weighted by molar-refractivity contribution is 5.89. The van der Waals surface area contributed by atoms with Crippen LogP contribution < -0.4 is 0 Å². The van der Waals surface area contributed by atoms with Crippen molar-refractivity contribution in [3.63, 3.8) is 0 Å². The third-order valence-corrected chi connectivity index (χ3v) is 4.82. The molecule has 0 radical (unpaired) electrons. The Bertz CT molecular complexity index is 1250. The van der Waals surface area contributed by atoms with Crippen LogP contribution in [0, 0.1) is 6.92 Å². The number of esters is 1. The molecule has 0 aliphatic rings. The molecule has 0 spiro atoms. The summed E-state index contributed by atoms with van der Waals surface area (Å²) < 4.78 is 4.74. The number of aromatic hydroxyl groups is 2. The molecule has 2 N–H and O–H groups in total. The fourth-order valence-electron chi connectivity index (χ4n) is 3.22. The number of aromatic nitrogens is 3. The van der Waals surface area contributed by atoms with Crippen LogP contribution >= 0.6 is 0 Å². The zero-order chi connectivity index (χ0) is 22.0. The Morgan fingerprint density at radius 3 is 2.10 bits per heavy atom. The molecule has 4 rings (SSSR count). The number of methoxy groups -OCH3 is 1. The summed E-state index contributed by atoms with van der Waals surface area (Å²) in [4.78, 5) is 25.4. The lowest BCUT2D eigenvalue weighted by Crippen LogP contribution is -2.03. The van der Waals surface area contributed by atoms with Crippen molar-refractivity contribution in [1.82, 2.24) is 15.0 Å². The average molecular weight is 413 g/mol. The maximum Gasteiger partial charge on any atom is 0.337 e. The van der Waals surface area contributed by atoms with Gasteiger partial charge in [0, 0.05) is 5.56 Å². The third kappa shape index (κ3) is 3.93. The van der Waals surface area contributed by atoms with Gasteiger partial charge in [0.1, 0.15) is 11.5 Å². The minimum Gasteiger partial charge on any atom is -0.507 e. The lowest BCUT2D eigenvalue weighted by molar-refractivity contribution is 0.0600. The van der Waals surface area contributed by atoms with Crippen molar-refractivity contribution >= 4 is 5.97 Å². The number of hydrogen-bond donors (Lipinski definition) is 2. The number of aryl methyl sites for hydroxylation is 1. The van der Waals surface area contributed by atoms with Crippen LogP contribution in [0.2, 0.25) is 0 Å². The van der Waals surface area contributed by atoms with Gasteiger partial charge in [0.2, 0.25) is 0 Å². The summed E-state index contributed by atoms with van der Waals surface area (Å²) in [6.07, 6.45) is 0. The van der Waals surface area contributed by atoms with Crippen molar-refractivity contribution in [2.45, 2.75) is 6.92 Å². The first-order valence-electron chi connectivity index (χ1n) is 9.50. The van der Waals surface area contributed by atoms with Gasteiger partial charge in [-0.05, 0) is 42.8 Å². The van der Waals surface area contributed by atoms with E-state index in [0.717, 1.165) is 5.56 Å². The second kappa shape index (κ2) is 8.23. The molecule has 0 aliphatic carbocycles. The van der Waals surface area contributed by atoms with Crippen LogP contribution in [-0.2, 0) is 4.74 Å². The van der Waals surface area contributed by atoms with E-state index in [4.69, 9.17) is 4.74 Å². The number of hydrogen-bond acceptors (Lipinski definition) is 7. The van der Waals surface area contributed by atoms with Crippen molar-refractivity contribution < 1.29 is 19.7 Å². The molecular formula is C24H19N3O4. The van der Waals surface area contributed by atoms with Crippen LogP contribution in [0.1, 0.15) is 15.9 Å². The second-order valence-corrected chi connectivity index (χ2v) is 6.86. The molecule has 0 unspecified atom stereocenters. The van der Waals surface area contributed by atoms with Gasteiger partial charge in [-0.2, -0.15) is 0 Å². The Morgan fingerprint density at radius 2 is 1.42 bits per heavy atom.